The Morgan fingerprint density at radius 2 is 2.35 bits per heavy atom. The number of aromatic nitrogens is 1. The van der Waals surface area contributed by atoms with Crippen LogP contribution in [0, 0.1) is 0 Å². The Morgan fingerprint density at radius 3 is 3.00 bits per heavy atom. The zero-order chi connectivity index (χ0) is 12.4. The number of ether oxygens (including phenoxy) is 1. The third kappa shape index (κ3) is 2.37. The van der Waals surface area contributed by atoms with E-state index < -0.39 is 6.04 Å². The predicted octanol–water partition coefficient (Wildman–Crippen LogP) is 1.59. The largest absolute Gasteiger partial charge is 0.494 e. The van der Waals surface area contributed by atoms with Gasteiger partial charge < -0.3 is 15.8 Å². The number of rotatable bonds is 3. The molecule has 0 saturated carbocycles. The molecule has 1 aromatic carbocycles. The second kappa shape index (κ2) is 4.68. The van der Waals surface area contributed by atoms with Gasteiger partial charge in [0, 0.05) is 0 Å². The fourth-order valence-electron chi connectivity index (χ4n) is 1.36. The van der Waals surface area contributed by atoms with Crippen LogP contribution in [-0.4, -0.2) is 24.0 Å². The van der Waals surface area contributed by atoms with Crippen LogP contribution in [0.4, 0.5) is 5.13 Å². The van der Waals surface area contributed by atoms with Crippen molar-refractivity contribution in [3.05, 3.63) is 18.2 Å². The van der Waals surface area contributed by atoms with Crippen LogP contribution in [0.1, 0.15) is 6.92 Å². The van der Waals surface area contributed by atoms with Gasteiger partial charge in [0.1, 0.15) is 11.3 Å². The molecule has 17 heavy (non-hydrogen) atoms. The van der Waals surface area contributed by atoms with E-state index in [1.165, 1.54) is 11.3 Å². The first-order valence-corrected chi connectivity index (χ1v) is 5.93. The molecule has 0 radical (unpaired) electrons. The molecule has 1 amide bonds. The van der Waals surface area contributed by atoms with E-state index in [9.17, 15) is 4.79 Å². The number of carbonyl (C=O) groups excluding carboxylic acids is 1. The molecule has 0 unspecified atom stereocenters. The standard InChI is InChI=1S/C11H13N3O2S/c1-6(12)10(15)14-11-13-9-7(16-2)4-3-5-8(9)17-11/h3-6H,12H2,1-2H3,(H,13,14,15)/t6-/m0/s1. The first-order valence-electron chi connectivity index (χ1n) is 5.12. The molecule has 90 valence electrons. The summed E-state index contributed by atoms with van der Waals surface area (Å²) >= 11 is 1.39. The number of nitrogens with one attached hydrogen (secondary N) is 1. The fraction of sp³-hybridized carbons (Fsp3) is 0.273. The minimum absolute atomic E-state index is 0.247. The summed E-state index contributed by atoms with van der Waals surface area (Å²) in [6.45, 7) is 1.63. The Bertz CT molecular complexity index is 551. The van der Waals surface area contributed by atoms with Gasteiger partial charge >= 0.3 is 0 Å². The van der Waals surface area contributed by atoms with Crippen molar-refractivity contribution >= 4 is 32.6 Å². The number of amides is 1. The van der Waals surface area contributed by atoms with E-state index in [-0.39, 0.29) is 5.91 Å². The van der Waals surface area contributed by atoms with Gasteiger partial charge in [0.2, 0.25) is 5.91 Å². The van der Waals surface area contributed by atoms with Crippen LogP contribution in [0.15, 0.2) is 18.2 Å². The average molecular weight is 251 g/mol. The smallest absolute Gasteiger partial charge is 0.242 e. The quantitative estimate of drug-likeness (QED) is 0.868. The van der Waals surface area contributed by atoms with Gasteiger partial charge in [-0.25, -0.2) is 4.98 Å². The molecule has 1 aromatic heterocycles. The number of nitrogens with zero attached hydrogens (tertiary/aromatic N) is 1. The van der Waals surface area contributed by atoms with Crippen molar-refractivity contribution in [1.82, 2.24) is 4.98 Å². The lowest BCUT2D eigenvalue weighted by Gasteiger charge is -2.03. The lowest BCUT2D eigenvalue weighted by atomic mass is 10.3. The summed E-state index contributed by atoms with van der Waals surface area (Å²) in [6, 6.07) is 5.09. The minimum atomic E-state index is -0.552. The number of thiazole rings is 1. The average Bonchev–Trinajstić information content (AvgIpc) is 2.70. The molecular formula is C11H13N3O2S. The molecule has 0 aliphatic carbocycles. The van der Waals surface area contributed by atoms with Gasteiger partial charge in [-0.15, -0.1) is 0 Å². The van der Waals surface area contributed by atoms with Crippen LogP contribution in [0.3, 0.4) is 0 Å². The normalized spacial score (nSPS) is 12.4. The van der Waals surface area contributed by atoms with Crippen molar-refractivity contribution in [3.8, 4) is 5.75 Å². The number of nitrogens with two attached hydrogens (primary N) is 1. The summed E-state index contributed by atoms with van der Waals surface area (Å²) in [7, 11) is 1.59. The summed E-state index contributed by atoms with van der Waals surface area (Å²) in [5, 5.41) is 3.20. The van der Waals surface area contributed by atoms with E-state index in [1.54, 1.807) is 14.0 Å². The Kier molecular flexibility index (Phi) is 3.26. The van der Waals surface area contributed by atoms with E-state index in [0.717, 1.165) is 10.2 Å². The number of carbonyl (C=O) groups is 1. The maximum atomic E-state index is 11.4. The predicted molar refractivity (Wildman–Crippen MR) is 68.5 cm³/mol. The molecule has 1 heterocycles. The molecule has 6 heteroatoms. The number of anilines is 1. The number of benzene rings is 1. The van der Waals surface area contributed by atoms with Crippen LogP contribution >= 0.6 is 11.3 Å². The molecule has 2 rings (SSSR count). The number of hydrogen-bond donors (Lipinski definition) is 2. The summed E-state index contributed by atoms with van der Waals surface area (Å²) in [6.07, 6.45) is 0. The fourth-order valence-corrected chi connectivity index (χ4v) is 2.25. The molecular weight excluding hydrogens is 238 g/mol. The third-order valence-corrected chi connectivity index (χ3v) is 3.18. The molecule has 1 atom stereocenters. The number of hydrogen-bond acceptors (Lipinski definition) is 5. The highest BCUT2D eigenvalue weighted by Crippen LogP contribution is 2.31. The van der Waals surface area contributed by atoms with Crippen molar-refractivity contribution in [2.75, 3.05) is 12.4 Å². The van der Waals surface area contributed by atoms with Crippen molar-refractivity contribution < 1.29 is 9.53 Å². The monoisotopic (exact) mass is 251 g/mol. The SMILES string of the molecule is COc1cccc2sc(NC(=O)[C@H](C)N)nc12. The molecule has 0 aliphatic heterocycles. The molecule has 2 aromatic rings. The van der Waals surface area contributed by atoms with Crippen molar-refractivity contribution in [2.45, 2.75) is 13.0 Å². The van der Waals surface area contributed by atoms with Gasteiger partial charge in [0.15, 0.2) is 5.13 Å². The first-order chi connectivity index (χ1) is 8.11. The second-order valence-corrected chi connectivity index (χ2v) is 4.63. The lowest BCUT2D eigenvalue weighted by Crippen LogP contribution is -2.32. The van der Waals surface area contributed by atoms with Gasteiger partial charge in [0.05, 0.1) is 17.9 Å². The van der Waals surface area contributed by atoms with Gasteiger partial charge in [-0.05, 0) is 19.1 Å². The summed E-state index contributed by atoms with van der Waals surface area (Å²) in [4.78, 5) is 15.8. The van der Waals surface area contributed by atoms with Crippen LogP contribution < -0.4 is 15.8 Å². The number of methoxy groups -OCH3 is 1. The topological polar surface area (TPSA) is 77.2 Å². The maximum absolute atomic E-state index is 11.4. The molecule has 0 saturated heterocycles. The Labute approximate surface area is 103 Å². The van der Waals surface area contributed by atoms with Gasteiger partial charge in [-0.3, -0.25) is 4.79 Å². The van der Waals surface area contributed by atoms with Crippen molar-refractivity contribution in [2.24, 2.45) is 5.73 Å². The zero-order valence-electron chi connectivity index (χ0n) is 9.56. The molecule has 5 nitrogen and oxygen atoms in total. The second-order valence-electron chi connectivity index (χ2n) is 3.60. The molecule has 0 spiro atoms. The lowest BCUT2D eigenvalue weighted by molar-refractivity contribution is -0.117. The minimum Gasteiger partial charge on any atom is -0.494 e. The van der Waals surface area contributed by atoms with Gasteiger partial charge in [-0.2, -0.15) is 0 Å². The highest BCUT2D eigenvalue weighted by atomic mass is 32.1. The summed E-state index contributed by atoms with van der Waals surface area (Å²) in [5.41, 5.74) is 6.22. The van der Waals surface area contributed by atoms with E-state index >= 15 is 0 Å². The summed E-state index contributed by atoms with van der Waals surface area (Å²) < 4.78 is 6.16. The maximum Gasteiger partial charge on any atom is 0.242 e. The molecule has 3 N–H and O–H groups in total. The van der Waals surface area contributed by atoms with Crippen LogP contribution in [0.2, 0.25) is 0 Å². The Hall–Kier alpha value is -1.66. The third-order valence-electron chi connectivity index (χ3n) is 2.25. The molecule has 0 aliphatic rings. The molecule has 0 fully saturated rings. The van der Waals surface area contributed by atoms with Gasteiger partial charge in [0.25, 0.3) is 0 Å². The Morgan fingerprint density at radius 1 is 1.59 bits per heavy atom. The summed E-state index contributed by atoms with van der Waals surface area (Å²) in [5.74, 6) is 0.447. The van der Waals surface area contributed by atoms with Crippen molar-refractivity contribution in [3.63, 3.8) is 0 Å². The number of fused-ring (bicyclic) bond motifs is 1. The van der Waals surface area contributed by atoms with E-state index in [2.05, 4.69) is 10.3 Å². The van der Waals surface area contributed by atoms with Crippen molar-refractivity contribution in [1.29, 1.82) is 0 Å². The van der Waals surface area contributed by atoms with E-state index in [4.69, 9.17) is 10.5 Å². The highest BCUT2D eigenvalue weighted by Gasteiger charge is 2.12. The number of para-hydroxylation sites is 1. The van der Waals surface area contributed by atoms with E-state index in [1.807, 2.05) is 18.2 Å². The van der Waals surface area contributed by atoms with E-state index in [0.29, 0.717) is 10.9 Å². The van der Waals surface area contributed by atoms with Crippen LogP contribution in [0.25, 0.3) is 10.2 Å². The van der Waals surface area contributed by atoms with Gasteiger partial charge in [-0.1, -0.05) is 17.4 Å². The Balaban J connectivity index is 2.35. The highest BCUT2D eigenvalue weighted by molar-refractivity contribution is 7.22. The zero-order valence-corrected chi connectivity index (χ0v) is 10.4. The van der Waals surface area contributed by atoms with Crippen LogP contribution in [0.5, 0.6) is 5.75 Å². The van der Waals surface area contributed by atoms with Crippen LogP contribution in [-0.2, 0) is 4.79 Å². The first kappa shape index (κ1) is 11.8. The molecule has 0 bridgehead atoms.